The molecule has 0 atom stereocenters. The Labute approximate surface area is 93.1 Å². The van der Waals surface area contributed by atoms with Gasteiger partial charge >= 0.3 is 0 Å². The van der Waals surface area contributed by atoms with Crippen molar-refractivity contribution in [3.05, 3.63) is 24.0 Å². The maximum Gasteiger partial charge on any atom is 0.0359 e. The standard InChI is InChI=1S/C12H23N3/c1-4-7-13-11-12-6-5-8-15(12)10-9-14(2)3/h5-6,8,13H,4,7,9-11H2,1-3H3. The molecule has 0 spiro atoms. The highest BCUT2D eigenvalue weighted by Crippen LogP contribution is 2.02. The molecule has 3 nitrogen and oxygen atoms in total. The number of hydrogen-bond acceptors (Lipinski definition) is 2. The first-order valence-corrected chi connectivity index (χ1v) is 5.73. The van der Waals surface area contributed by atoms with Crippen molar-refractivity contribution in [2.45, 2.75) is 26.4 Å². The molecule has 1 N–H and O–H groups in total. The highest BCUT2D eigenvalue weighted by Gasteiger charge is 2.00. The van der Waals surface area contributed by atoms with Crippen LogP contribution >= 0.6 is 0 Å². The Kier molecular flexibility index (Phi) is 5.43. The highest BCUT2D eigenvalue weighted by atomic mass is 15.1. The Morgan fingerprint density at radius 3 is 2.87 bits per heavy atom. The lowest BCUT2D eigenvalue weighted by Gasteiger charge is -2.13. The lowest BCUT2D eigenvalue weighted by atomic mass is 10.4. The first-order chi connectivity index (χ1) is 7.24. The average molecular weight is 209 g/mol. The van der Waals surface area contributed by atoms with E-state index in [4.69, 9.17) is 0 Å². The monoisotopic (exact) mass is 209 g/mol. The number of nitrogens with zero attached hydrogens (tertiary/aromatic N) is 2. The Balaban J connectivity index is 2.39. The van der Waals surface area contributed by atoms with Crippen LogP contribution in [0.5, 0.6) is 0 Å². The van der Waals surface area contributed by atoms with E-state index in [9.17, 15) is 0 Å². The molecule has 1 heterocycles. The van der Waals surface area contributed by atoms with Crippen molar-refractivity contribution in [3.63, 3.8) is 0 Å². The molecule has 86 valence electrons. The molecule has 0 unspecified atom stereocenters. The smallest absolute Gasteiger partial charge is 0.0359 e. The molecule has 0 bridgehead atoms. The van der Waals surface area contributed by atoms with Gasteiger partial charge in [-0.05, 0) is 39.2 Å². The van der Waals surface area contributed by atoms with Gasteiger partial charge in [0.1, 0.15) is 0 Å². The minimum Gasteiger partial charge on any atom is -0.349 e. The lowest BCUT2D eigenvalue weighted by molar-refractivity contribution is 0.380. The minimum atomic E-state index is 0.980. The number of hydrogen-bond donors (Lipinski definition) is 1. The van der Waals surface area contributed by atoms with Gasteiger partial charge < -0.3 is 14.8 Å². The van der Waals surface area contributed by atoms with Gasteiger partial charge in [0.25, 0.3) is 0 Å². The SMILES string of the molecule is CCCNCc1cccn1CCN(C)C. The fourth-order valence-electron chi connectivity index (χ4n) is 1.53. The first kappa shape index (κ1) is 12.3. The molecule has 0 aliphatic rings. The molecule has 0 saturated heterocycles. The molecule has 1 aromatic rings. The Morgan fingerprint density at radius 1 is 1.40 bits per heavy atom. The van der Waals surface area contributed by atoms with Crippen molar-refractivity contribution in [2.24, 2.45) is 0 Å². The van der Waals surface area contributed by atoms with Crippen LogP contribution < -0.4 is 5.32 Å². The van der Waals surface area contributed by atoms with Gasteiger partial charge in [0, 0.05) is 31.5 Å². The second-order valence-corrected chi connectivity index (χ2v) is 4.17. The van der Waals surface area contributed by atoms with E-state index in [2.05, 4.69) is 54.1 Å². The molecular weight excluding hydrogens is 186 g/mol. The molecule has 0 saturated carbocycles. The molecule has 1 rings (SSSR count). The van der Waals surface area contributed by atoms with Crippen molar-refractivity contribution < 1.29 is 0 Å². The summed E-state index contributed by atoms with van der Waals surface area (Å²) in [5.74, 6) is 0. The zero-order valence-corrected chi connectivity index (χ0v) is 10.2. The summed E-state index contributed by atoms with van der Waals surface area (Å²) in [7, 11) is 4.22. The van der Waals surface area contributed by atoms with Gasteiger partial charge in [0.05, 0.1) is 0 Å². The first-order valence-electron chi connectivity index (χ1n) is 5.73. The van der Waals surface area contributed by atoms with Crippen LogP contribution in [0.2, 0.25) is 0 Å². The Hall–Kier alpha value is -0.800. The van der Waals surface area contributed by atoms with Gasteiger partial charge in [-0.1, -0.05) is 6.92 Å². The Morgan fingerprint density at radius 2 is 2.20 bits per heavy atom. The summed E-state index contributed by atoms with van der Waals surface area (Å²) in [4.78, 5) is 2.21. The molecule has 0 amide bonds. The quantitative estimate of drug-likeness (QED) is 0.688. The summed E-state index contributed by atoms with van der Waals surface area (Å²) in [6.07, 6.45) is 3.35. The van der Waals surface area contributed by atoms with E-state index in [0.29, 0.717) is 0 Å². The summed E-state index contributed by atoms with van der Waals surface area (Å²) in [6.45, 7) is 6.43. The maximum absolute atomic E-state index is 3.43. The van der Waals surface area contributed by atoms with E-state index < -0.39 is 0 Å². The van der Waals surface area contributed by atoms with Crippen LogP contribution in [0.15, 0.2) is 18.3 Å². The second kappa shape index (κ2) is 6.64. The van der Waals surface area contributed by atoms with Crippen LogP contribution in [0.25, 0.3) is 0 Å². The molecule has 0 radical (unpaired) electrons. The summed E-state index contributed by atoms with van der Waals surface area (Å²) in [5.41, 5.74) is 1.38. The maximum atomic E-state index is 3.43. The van der Waals surface area contributed by atoms with Gasteiger partial charge in [-0.25, -0.2) is 0 Å². The number of rotatable bonds is 7. The average Bonchev–Trinajstić information content (AvgIpc) is 2.63. The van der Waals surface area contributed by atoms with Crippen molar-refractivity contribution >= 4 is 0 Å². The third-order valence-corrected chi connectivity index (χ3v) is 2.44. The highest BCUT2D eigenvalue weighted by molar-refractivity contribution is 5.06. The van der Waals surface area contributed by atoms with Crippen LogP contribution in [-0.2, 0) is 13.1 Å². The van der Waals surface area contributed by atoms with Crippen LogP contribution in [0.3, 0.4) is 0 Å². The molecule has 0 fully saturated rings. The van der Waals surface area contributed by atoms with Gasteiger partial charge in [-0.2, -0.15) is 0 Å². The van der Waals surface area contributed by atoms with E-state index in [1.807, 2.05) is 0 Å². The molecule has 0 aliphatic heterocycles. The van der Waals surface area contributed by atoms with Gasteiger partial charge in [-0.3, -0.25) is 0 Å². The lowest BCUT2D eigenvalue weighted by Crippen LogP contribution is -2.21. The molecule has 3 heteroatoms. The normalized spacial score (nSPS) is 11.2. The fraction of sp³-hybridized carbons (Fsp3) is 0.667. The summed E-state index contributed by atoms with van der Waals surface area (Å²) < 4.78 is 2.32. The van der Waals surface area contributed by atoms with Crippen LogP contribution in [0.1, 0.15) is 19.0 Å². The summed E-state index contributed by atoms with van der Waals surface area (Å²) >= 11 is 0. The summed E-state index contributed by atoms with van der Waals surface area (Å²) in [5, 5.41) is 3.43. The van der Waals surface area contributed by atoms with Crippen molar-refractivity contribution in [1.82, 2.24) is 14.8 Å². The summed E-state index contributed by atoms with van der Waals surface area (Å²) in [6, 6.07) is 4.32. The molecule has 0 aliphatic carbocycles. The molecule has 1 aromatic heterocycles. The van der Waals surface area contributed by atoms with E-state index in [1.54, 1.807) is 0 Å². The number of aromatic nitrogens is 1. The third-order valence-electron chi connectivity index (χ3n) is 2.44. The fourth-order valence-corrected chi connectivity index (χ4v) is 1.53. The predicted molar refractivity (Wildman–Crippen MR) is 65.0 cm³/mol. The van der Waals surface area contributed by atoms with Crippen LogP contribution in [-0.4, -0.2) is 36.7 Å². The molecular formula is C12H23N3. The van der Waals surface area contributed by atoms with E-state index >= 15 is 0 Å². The second-order valence-electron chi connectivity index (χ2n) is 4.17. The van der Waals surface area contributed by atoms with Gasteiger partial charge in [-0.15, -0.1) is 0 Å². The zero-order chi connectivity index (χ0) is 11.1. The van der Waals surface area contributed by atoms with E-state index in [1.165, 1.54) is 12.1 Å². The largest absolute Gasteiger partial charge is 0.349 e. The third kappa shape index (κ3) is 4.49. The van der Waals surface area contributed by atoms with Crippen molar-refractivity contribution in [2.75, 3.05) is 27.2 Å². The van der Waals surface area contributed by atoms with Crippen LogP contribution in [0, 0.1) is 0 Å². The minimum absolute atomic E-state index is 0.980. The van der Waals surface area contributed by atoms with Gasteiger partial charge in [0.15, 0.2) is 0 Å². The zero-order valence-electron chi connectivity index (χ0n) is 10.2. The van der Waals surface area contributed by atoms with Crippen molar-refractivity contribution in [3.8, 4) is 0 Å². The van der Waals surface area contributed by atoms with E-state index in [-0.39, 0.29) is 0 Å². The predicted octanol–water partition coefficient (Wildman–Crippen LogP) is 1.55. The van der Waals surface area contributed by atoms with Gasteiger partial charge in [0.2, 0.25) is 0 Å². The number of likely N-dealkylation sites (N-methyl/N-ethyl adjacent to an activating group) is 1. The van der Waals surface area contributed by atoms with E-state index in [0.717, 1.165) is 26.2 Å². The number of nitrogens with one attached hydrogen (secondary N) is 1. The Bertz CT molecular complexity index is 266. The molecule has 15 heavy (non-hydrogen) atoms. The topological polar surface area (TPSA) is 20.2 Å². The van der Waals surface area contributed by atoms with Crippen LogP contribution in [0.4, 0.5) is 0 Å². The molecule has 0 aromatic carbocycles. The van der Waals surface area contributed by atoms with Crippen molar-refractivity contribution in [1.29, 1.82) is 0 Å².